The first-order chi connectivity index (χ1) is 13.6. The molecule has 2 heterocycles. The zero-order valence-electron chi connectivity index (χ0n) is 16.8. The summed E-state index contributed by atoms with van der Waals surface area (Å²) < 4.78 is 1.79. The molecule has 0 atom stereocenters. The van der Waals surface area contributed by atoms with E-state index in [-0.39, 0.29) is 11.5 Å². The summed E-state index contributed by atoms with van der Waals surface area (Å²) in [7, 11) is 0. The molecule has 5 nitrogen and oxygen atoms in total. The number of amides is 1. The summed E-state index contributed by atoms with van der Waals surface area (Å²) >= 11 is 3.07. The van der Waals surface area contributed by atoms with Crippen molar-refractivity contribution in [3.63, 3.8) is 0 Å². The second-order valence-corrected chi connectivity index (χ2v) is 10.2. The summed E-state index contributed by atoms with van der Waals surface area (Å²) in [6.45, 7) is 5.00. The Labute approximate surface area is 174 Å². The molecule has 152 valence electrons. The first-order valence-corrected chi connectivity index (χ1v) is 12.3. The number of nitrogens with zero attached hydrogens (tertiary/aromatic N) is 2. The predicted octanol–water partition coefficient (Wildman–Crippen LogP) is 4.14. The summed E-state index contributed by atoms with van der Waals surface area (Å²) in [5.74, 6) is 1.14. The van der Waals surface area contributed by atoms with Gasteiger partial charge in [0.1, 0.15) is 4.83 Å². The van der Waals surface area contributed by atoms with Gasteiger partial charge in [-0.2, -0.15) is 0 Å². The Balaban J connectivity index is 1.50. The molecule has 1 amide bonds. The Morgan fingerprint density at radius 1 is 1.29 bits per heavy atom. The Morgan fingerprint density at radius 2 is 2.07 bits per heavy atom. The first-order valence-electron chi connectivity index (χ1n) is 10.5. The van der Waals surface area contributed by atoms with Crippen LogP contribution in [-0.4, -0.2) is 27.3 Å². The minimum absolute atomic E-state index is 0.0515. The van der Waals surface area contributed by atoms with E-state index in [0.717, 1.165) is 54.7 Å². The standard InChI is InChI=1S/C21H29N3O2S2/c1-3-11-24-20(26)18-15-5-4-6-16(15)28-19(18)23-21(24)27-12-17(25)22-14-9-7-13(2)8-10-14/h13-14H,3-12H2,1-2H3,(H,22,25). The normalized spacial score (nSPS) is 21.8. The van der Waals surface area contributed by atoms with Crippen molar-refractivity contribution >= 4 is 39.2 Å². The van der Waals surface area contributed by atoms with E-state index in [1.54, 1.807) is 15.9 Å². The molecule has 0 radical (unpaired) electrons. The van der Waals surface area contributed by atoms with E-state index >= 15 is 0 Å². The molecule has 28 heavy (non-hydrogen) atoms. The summed E-state index contributed by atoms with van der Waals surface area (Å²) in [4.78, 5) is 32.6. The van der Waals surface area contributed by atoms with E-state index in [9.17, 15) is 9.59 Å². The van der Waals surface area contributed by atoms with Crippen LogP contribution in [0.4, 0.5) is 0 Å². The van der Waals surface area contributed by atoms with Crippen LogP contribution < -0.4 is 10.9 Å². The van der Waals surface area contributed by atoms with Crippen LogP contribution >= 0.6 is 23.1 Å². The smallest absolute Gasteiger partial charge is 0.263 e. The van der Waals surface area contributed by atoms with Gasteiger partial charge in [-0.25, -0.2) is 4.98 Å². The maximum Gasteiger partial charge on any atom is 0.263 e. The van der Waals surface area contributed by atoms with Gasteiger partial charge in [0, 0.05) is 17.5 Å². The Bertz CT molecular complexity index is 926. The van der Waals surface area contributed by atoms with Crippen molar-refractivity contribution in [3.8, 4) is 0 Å². The second-order valence-electron chi connectivity index (χ2n) is 8.20. The van der Waals surface area contributed by atoms with Crippen LogP contribution in [-0.2, 0) is 24.2 Å². The van der Waals surface area contributed by atoms with Crippen LogP contribution in [0.3, 0.4) is 0 Å². The van der Waals surface area contributed by atoms with Crippen LogP contribution in [0.15, 0.2) is 9.95 Å². The number of thioether (sulfide) groups is 1. The number of fused-ring (bicyclic) bond motifs is 3. The maximum atomic E-state index is 13.2. The molecule has 0 aromatic carbocycles. The minimum atomic E-state index is 0.0515. The van der Waals surface area contributed by atoms with E-state index in [1.165, 1.54) is 35.0 Å². The fraction of sp³-hybridized carbons (Fsp3) is 0.667. The van der Waals surface area contributed by atoms with Gasteiger partial charge in [-0.05, 0) is 62.8 Å². The molecule has 0 saturated heterocycles. The zero-order valence-corrected chi connectivity index (χ0v) is 18.4. The molecule has 0 bridgehead atoms. The maximum absolute atomic E-state index is 13.2. The van der Waals surface area contributed by atoms with E-state index < -0.39 is 0 Å². The molecule has 1 saturated carbocycles. The lowest BCUT2D eigenvalue weighted by molar-refractivity contribution is -0.119. The largest absolute Gasteiger partial charge is 0.353 e. The SMILES string of the molecule is CCCn1c(SCC(=O)NC2CCC(C)CC2)nc2sc3c(c2c1=O)CCC3. The number of hydrogen-bond acceptors (Lipinski definition) is 5. The van der Waals surface area contributed by atoms with Gasteiger partial charge in [0.05, 0.1) is 11.1 Å². The number of carbonyl (C=O) groups is 1. The summed E-state index contributed by atoms with van der Waals surface area (Å²) in [6, 6.07) is 0.304. The zero-order chi connectivity index (χ0) is 19.7. The molecule has 2 aliphatic rings. The molecule has 2 aromatic rings. The fourth-order valence-electron chi connectivity index (χ4n) is 4.39. The van der Waals surface area contributed by atoms with Crippen LogP contribution in [0.1, 0.15) is 62.8 Å². The molecule has 0 unspecified atom stereocenters. The van der Waals surface area contributed by atoms with Gasteiger partial charge in [-0.1, -0.05) is 25.6 Å². The number of hydrogen-bond donors (Lipinski definition) is 1. The third-order valence-electron chi connectivity index (χ3n) is 5.95. The van der Waals surface area contributed by atoms with Crippen molar-refractivity contribution in [2.75, 3.05) is 5.75 Å². The molecule has 1 fully saturated rings. The predicted molar refractivity (Wildman–Crippen MR) is 116 cm³/mol. The lowest BCUT2D eigenvalue weighted by Crippen LogP contribution is -2.38. The van der Waals surface area contributed by atoms with Gasteiger partial charge in [-0.15, -0.1) is 11.3 Å². The summed E-state index contributed by atoms with van der Waals surface area (Å²) in [6.07, 6.45) is 8.60. The van der Waals surface area contributed by atoms with Gasteiger partial charge >= 0.3 is 0 Å². The lowest BCUT2D eigenvalue weighted by atomic mass is 9.87. The highest BCUT2D eigenvalue weighted by Gasteiger charge is 2.24. The van der Waals surface area contributed by atoms with Gasteiger partial charge in [0.25, 0.3) is 5.56 Å². The van der Waals surface area contributed by atoms with E-state index in [0.29, 0.717) is 23.5 Å². The van der Waals surface area contributed by atoms with Crippen LogP contribution in [0, 0.1) is 5.92 Å². The number of aryl methyl sites for hydroxylation is 2. The van der Waals surface area contributed by atoms with Crippen molar-refractivity contribution in [1.29, 1.82) is 0 Å². The van der Waals surface area contributed by atoms with Gasteiger partial charge in [0.15, 0.2) is 5.16 Å². The highest BCUT2D eigenvalue weighted by Crippen LogP contribution is 2.35. The van der Waals surface area contributed by atoms with Crippen molar-refractivity contribution in [3.05, 3.63) is 20.8 Å². The second kappa shape index (κ2) is 8.57. The Morgan fingerprint density at radius 3 is 2.82 bits per heavy atom. The van der Waals surface area contributed by atoms with Gasteiger partial charge in [-0.3, -0.25) is 14.2 Å². The topological polar surface area (TPSA) is 64.0 Å². The fourth-order valence-corrected chi connectivity index (χ4v) is 6.53. The quantitative estimate of drug-likeness (QED) is 0.564. The Kier molecular flexibility index (Phi) is 6.11. The average molecular weight is 420 g/mol. The van der Waals surface area contributed by atoms with Crippen molar-refractivity contribution in [2.24, 2.45) is 5.92 Å². The average Bonchev–Trinajstić information content (AvgIpc) is 3.25. The minimum Gasteiger partial charge on any atom is -0.353 e. The highest BCUT2D eigenvalue weighted by molar-refractivity contribution is 7.99. The molecule has 0 aliphatic heterocycles. The van der Waals surface area contributed by atoms with Crippen molar-refractivity contribution in [2.45, 2.75) is 83.0 Å². The highest BCUT2D eigenvalue weighted by atomic mass is 32.2. The molecular formula is C21H29N3O2S2. The molecule has 1 N–H and O–H groups in total. The van der Waals surface area contributed by atoms with Crippen LogP contribution in [0.25, 0.3) is 10.2 Å². The number of thiophene rings is 1. The third kappa shape index (κ3) is 4.01. The van der Waals surface area contributed by atoms with Gasteiger partial charge in [0.2, 0.25) is 5.91 Å². The van der Waals surface area contributed by atoms with E-state index in [1.807, 2.05) is 0 Å². The Hall–Kier alpha value is -1.34. The molecule has 2 aliphatic carbocycles. The van der Waals surface area contributed by atoms with Crippen molar-refractivity contribution in [1.82, 2.24) is 14.9 Å². The molecular weight excluding hydrogens is 390 g/mol. The number of nitrogens with one attached hydrogen (secondary N) is 1. The summed E-state index contributed by atoms with van der Waals surface area (Å²) in [5.41, 5.74) is 1.30. The van der Waals surface area contributed by atoms with Gasteiger partial charge < -0.3 is 5.32 Å². The van der Waals surface area contributed by atoms with E-state index in [2.05, 4.69) is 19.2 Å². The summed E-state index contributed by atoms with van der Waals surface area (Å²) in [5, 5.41) is 4.69. The van der Waals surface area contributed by atoms with Crippen LogP contribution in [0.2, 0.25) is 0 Å². The number of rotatable bonds is 6. The van der Waals surface area contributed by atoms with E-state index in [4.69, 9.17) is 4.98 Å². The lowest BCUT2D eigenvalue weighted by Gasteiger charge is -2.26. The molecule has 0 spiro atoms. The molecule has 7 heteroatoms. The van der Waals surface area contributed by atoms with Crippen molar-refractivity contribution < 1.29 is 4.79 Å². The molecule has 2 aromatic heterocycles. The third-order valence-corrected chi connectivity index (χ3v) is 8.11. The first kappa shape index (κ1) is 20.0. The number of carbonyl (C=O) groups excluding carboxylic acids is 1. The molecule has 4 rings (SSSR count). The monoisotopic (exact) mass is 419 g/mol. The van der Waals surface area contributed by atoms with Crippen LogP contribution in [0.5, 0.6) is 0 Å². The number of aromatic nitrogens is 2.